The van der Waals surface area contributed by atoms with Crippen molar-refractivity contribution in [1.29, 1.82) is 0 Å². The van der Waals surface area contributed by atoms with Gasteiger partial charge in [-0.3, -0.25) is 0 Å². The summed E-state index contributed by atoms with van der Waals surface area (Å²) in [5.74, 6) is 1.29. The van der Waals surface area contributed by atoms with Crippen LogP contribution in [0.3, 0.4) is 0 Å². The summed E-state index contributed by atoms with van der Waals surface area (Å²) in [6, 6.07) is 0. The van der Waals surface area contributed by atoms with Crippen LogP contribution in [0.5, 0.6) is 0 Å². The molecule has 0 radical (unpaired) electrons. The Morgan fingerprint density at radius 1 is 1.33 bits per heavy atom. The molecule has 0 saturated heterocycles. The first-order valence-electron chi connectivity index (χ1n) is 8.35. The van der Waals surface area contributed by atoms with Gasteiger partial charge in [0.15, 0.2) is 11.1 Å². The molecular weight excluding hydrogens is 437 g/mol. The second kappa shape index (κ2) is 13.7. The third kappa shape index (κ3) is 9.03. The highest BCUT2D eigenvalue weighted by Crippen LogP contribution is 2.18. The lowest BCUT2D eigenvalue weighted by molar-refractivity contribution is 0.251. The molecule has 1 aromatic rings. The van der Waals surface area contributed by atoms with Gasteiger partial charge < -0.3 is 20.6 Å². The molecule has 8 heteroatoms. The van der Waals surface area contributed by atoms with E-state index >= 15 is 0 Å². The molecule has 0 spiro atoms. The van der Waals surface area contributed by atoms with Crippen molar-refractivity contribution >= 4 is 46.4 Å². The minimum atomic E-state index is 0. The van der Waals surface area contributed by atoms with E-state index in [0.29, 0.717) is 12.5 Å². The van der Waals surface area contributed by atoms with Crippen LogP contribution in [-0.2, 0) is 6.54 Å². The largest absolute Gasteiger partial charge is 0.396 e. The van der Waals surface area contributed by atoms with E-state index in [9.17, 15) is 0 Å². The van der Waals surface area contributed by atoms with Crippen LogP contribution in [0.25, 0.3) is 0 Å². The number of aliphatic hydroxyl groups excluding tert-OH is 1. The minimum Gasteiger partial charge on any atom is -0.396 e. The SMILES string of the molecule is CCCC(CCO)CNC(=NCc1csc(N(C)C)n1)NCC.I. The van der Waals surface area contributed by atoms with E-state index in [1.165, 1.54) is 0 Å². The van der Waals surface area contributed by atoms with E-state index in [1.54, 1.807) is 11.3 Å². The van der Waals surface area contributed by atoms with Gasteiger partial charge in [-0.2, -0.15) is 0 Å². The van der Waals surface area contributed by atoms with Crippen LogP contribution in [0.2, 0.25) is 0 Å². The number of anilines is 1. The highest BCUT2D eigenvalue weighted by Gasteiger charge is 2.09. The smallest absolute Gasteiger partial charge is 0.191 e. The zero-order valence-corrected chi connectivity index (χ0v) is 18.4. The Labute approximate surface area is 167 Å². The van der Waals surface area contributed by atoms with Crippen LogP contribution in [0, 0.1) is 5.92 Å². The first-order valence-corrected chi connectivity index (χ1v) is 9.23. The summed E-state index contributed by atoms with van der Waals surface area (Å²) in [4.78, 5) is 11.2. The van der Waals surface area contributed by atoms with Crippen molar-refractivity contribution in [1.82, 2.24) is 15.6 Å². The number of hydrogen-bond donors (Lipinski definition) is 3. The number of halogens is 1. The van der Waals surface area contributed by atoms with E-state index in [4.69, 9.17) is 5.11 Å². The van der Waals surface area contributed by atoms with Crippen LogP contribution in [-0.4, -0.2) is 49.8 Å². The van der Waals surface area contributed by atoms with Gasteiger partial charge in [0.1, 0.15) is 0 Å². The van der Waals surface area contributed by atoms with Crippen molar-refractivity contribution in [2.45, 2.75) is 39.7 Å². The number of thiazole rings is 1. The highest BCUT2D eigenvalue weighted by molar-refractivity contribution is 14.0. The Morgan fingerprint density at radius 3 is 2.62 bits per heavy atom. The molecule has 0 aliphatic heterocycles. The molecule has 140 valence electrons. The third-order valence-corrected chi connectivity index (χ3v) is 4.52. The maximum atomic E-state index is 9.15. The van der Waals surface area contributed by atoms with Crippen molar-refractivity contribution in [2.75, 3.05) is 38.7 Å². The van der Waals surface area contributed by atoms with Gasteiger partial charge in [-0.25, -0.2) is 9.98 Å². The molecular formula is C16H32IN5OS. The van der Waals surface area contributed by atoms with E-state index in [2.05, 4.69) is 34.5 Å². The molecule has 1 aromatic heterocycles. The zero-order valence-electron chi connectivity index (χ0n) is 15.2. The molecule has 1 heterocycles. The van der Waals surface area contributed by atoms with Crippen LogP contribution in [0.15, 0.2) is 10.4 Å². The maximum absolute atomic E-state index is 9.15. The summed E-state index contributed by atoms with van der Waals surface area (Å²) in [6.45, 7) is 6.70. The van der Waals surface area contributed by atoms with Crippen molar-refractivity contribution in [3.8, 4) is 0 Å². The molecule has 6 nitrogen and oxygen atoms in total. The standard InChI is InChI=1S/C16H31N5OS.HI/c1-5-7-13(8-9-22)10-18-15(17-6-2)19-11-14-12-23-16(20-14)21(3)4;/h12-13,22H,5-11H2,1-4H3,(H2,17,18,19);1H. The number of nitrogens with zero attached hydrogens (tertiary/aromatic N) is 3. The van der Waals surface area contributed by atoms with Crippen LogP contribution in [0.4, 0.5) is 5.13 Å². The van der Waals surface area contributed by atoms with Gasteiger partial charge in [-0.1, -0.05) is 13.3 Å². The molecule has 1 rings (SSSR count). The van der Waals surface area contributed by atoms with E-state index in [0.717, 1.165) is 49.1 Å². The molecule has 24 heavy (non-hydrogen) atoms. The van der Waals surface area contributed by atoms with Crippen molar-refractivity contribution < 1.29 is 5.11 Å². The number of rotatable bonds is 10. The number of aliphatic imine (C=N–C) groups is 1. The normalized spacial score (nSPS) is 12.5. The highest BCUT2D eigenvalue weighted by atomic mass is 127. The number of guanidine groups is 1. The average molecular weight is 469 g/mol. The van der Waals surface area contributed by atoms with Crippen LogP contribution < -0.4 is 15.5 Å². The van der Waals surface area contributed by atoms with Gasteiger partial charge in [-0.05, 0) is 25.7 Å². The second-order valence-electron chi connectivity index (χ2n) is 5.76. The molecule has 1 unspecified atom stereocenters. The fraction of sp³-hybridized carbons (Fsp3) is 0.750. The first kappa shape index (κ1) is 23.4. The van der Waals surface area contributed by atoms with E-state index in [1.807, 2.05) is 24.4 Å². The molecule has 0 aromatic carbocycles. The molecule has 1 atom stereocenters. The molecule has 0 bridgehead atoms. The Hall–Kier alpha value is -0.610. The number of aliphatic hydroxyl groups is 1. The van der Waals surface area contributed by atoms with Gasteiger partial charge in [0.2, 0.25) is 0 Å². The summed E-state index contributed by atoms with van der Waals surface area (Å²) in [5, 5.41) is 18.8. The number of nitrogens with one attached hydrogen (secondary N) is 2. The summed E-state index contributed by atoms with van der Waals surface area (Å²) in [6.07, 6.45) is 3.08. The van der Waals surface area contributed by atoms with E-state index in [-0.39, 0.29) is 30.6 Å². The van der Waals surface area contributed by atoms with Gasteiger partial charge in [0, 0.05) is 39.2 Å². The van der Waals surface area contributed by atoms with Gasteiger partial charge in [0.05, 0.1) is 12.2 Å². The van der Waals surface area contributed by atoms with Crippen molar-refractivity contribution in [2.24, 2.45) is 10.9 Å². The molecule has 0 aliphatic rings. The minimum absolute atomic E-state index is 0. The van der Waals surface area contributed by atoms with E-state index < -0.39 is 0 Å². The Balaban J connectivity index is 0.00000529. The molecule has 0 aliphatic carbocycles. The lowest BCUT2D eigenvalue weighted by atomic mass is 10.0. The predicted molar refractivity (Wildman–Crippen MR) is 115 cm³/mol. The molecule has 0 amide bonds. The fourth-order valence-electron chi connectivity index (χ4n) is 2.26. The second-order valence-corrected chi connectivity index (χ2v) is 6.60. The average Bonchev–Trinajstić information content (AvgIpc) is 2.99. The van der Waals surface area contributed by atoms with Crippen LogP contribution >= 0.6 is 35.3 Å². The van der Waals surface area contributed by atoms with Crippen LogP contribution in [0.1, 0.15) is 38.8 Å². The topological polar surface area (TPSA) is 72.8 Å². The van der Waals surface area contributed by atoms with Gasteiger partial charge in [-0.15, -0.1) is 35.3 Å². The third-order valence-electron chi connectivity index (χ3n) is 3.46. The predicted octanol–water partition coefficient (Wildman–Crippen LogP) is 2.68. The Kier molecular flexibility index (Phi) is 13.3. The zero-order chi connectivity index (χ0) is 17.1. The van der Waals surface area contributed by atoms with Gasteiger partial charge >= 0.3 is 0 Å². The lowest BCUT2D eigenvalue weighted by Crippen LogP contribution is -2.40. The first-order chi connectivity index (χ1) is 11.1. The number of hydrogen-bond acceptors (Lipinski definition) is 5. The van der Waals surface area contributed by atoms with Crippen molar-refractivity contribution in [3.05, 3.63) is 11.1 Å². The van der Waals surface area contributed by atoms with Crippen molar-refractivity contribution in [3.63, 3.8) is 0 Å². The summed E-state index contributed by atoms with van der Waals surface area (Å²) in [5.41, 5.74) is 0.983. The molecule has 3 N–H and O–H groups in total. The lowest BCUT2D eigenvalue weighted by Gasteiger charge is -2.18. The summed E-state index contributed by atoms with van der Waals surface area (Å²) in [7, 11) is 3.99. The Bertz CT molecular complexity index is 461. The Morgan fingerprint density at radius 2 is 2.08 bits per heavy atom. The summed E-state index contributed by atoms with van der Waals surface area (Å²) < 4.78 is 0. The quantitative estimate of drug-likeness (QED) is 0.279. The monoisotopic (exact) mass is 469 g/mol. The summed E-state index contributed by atoms with van der Waals surface area (Å²) >= 11 is 1.63. The molecule has 0 saturated carbocycles. The molecule has 0 fully saturated rings. The number of aromatic nitrogens is 1. The fourth-order valence-corrected chi connectivity index (χ4v) is 3.01. The van der Waals surface area contributed by atoms with Gasteiger partial charge in [0.25, 0.3) is 0 Å². The maximum Gasteiger partial charge on any atom is 0.191 e.